The van der Waals surface area contributed by atoms with Gasteiger partial charge < -0.3 is 18.3 Å². The highest BCUT2D eigenvalue weighted by atomic mass is 28.4. The minimum atomic E-state index is -2.88. The average molecular weight is 911 g/mol. The molecule has 4 aromatic rings. The third-order valence-electron chi connectivity index (χ3n) is 12.9. The van der Waals surface area contributed by atoms with E-state index in [4.69, 9.17) is 18.3 Å². The van der Waals surface area contributed by atoms with Gasteiger partial charge in [0.05, 0.1) is 0 Å². The molecule has 0 saturated heterocycles. The van der Waals surface area contributed by atoms with Gasteiger partial charge in [-0.15, -0.1) is 0 Å². The molecule has 0 bridgehead atoms. The van der Waals surface area contributed by atoms with Gasteiger partial charge in [0, 0.05) is 31.3 Å². The molecule has 0 unspecified atom stereocenters. The quantitative estimate of drug-likeness (QED) is 0.0289. The first-order chi connectivity index (χ1) is 30.9. The molecule has 0 aromatic heterocycles. The summed E-state index contributed by atoms with van der Waals surface area (Å²) in [5.41, 5.74) is 2.23. The minimum Gasteiger partial charge on any atom is -0.455 e. The van der Waals surface area contributed by atoms with Gasteiger partial charge in [-0.25, -0.2) is 9.59 Å². The number of allylic oxidation sites excluding steroid dienone is 4. The largest absolute Gasteiger partial charge is 0.455 e. The van der Waals surface area contributed by atoms with Crippen LogP contribution >= 0.6 is 0 Å². The molecule has 5 atom stereocenters. The van der Waals surface area contributed by atoms with Crippen LogP contribution in [0.25, 0.3) is 0 Å². The van der Waals surface area contributed by atoms with E-state index in [0.29, 0.717) is 25.6 Å². The van der Waals surface area contributed by atoms with Crippen LogP contribution in [0.3, 0.4) is 0 Å². The maximum Gasteiger partial charge on any atom is 0.331 e. The van der Waals surface area contributed by atoms with Gasteiger partial charge in [0.2, 0.25) is 0 Å². The van der Waals surface area contributed by atoms with E-state index in [9.17, 15) is 9.59 Å². The molecule has 0 radical (unpaired) electrons. The van der Waals surface area contributed by atoms with Gasteiger partial charge in [-0.05, 0) is 88.8 Å². The molecule has 65 heavy (non-hydrogen) atoms. The number of hydrogen-bond acceptors (Lipinski definition) is 6. The zero-order valence-electron chi connectivity index (χ0n) is 40.9. The van der Waals surface area contributed by atoms with E-state index < -0.39 is 40.8 Å². The van der Waals surface area contributed by atoms with Crippen molar-refractivity contribution in [3.05, 3.63) is 169 Å². The number of ether oxygens (including phenoxy) is 2. The van der Waals surface area contributed by atoms with Crippen LogP contribution in [0.1, 0.15) is 95.4 Å². The molecular weight excluding hydrogens is 837 g/mol. The zero-order valence-corrected chi connectivity index (χ0v) is 42.9. The Hall–Kier alpha value is -4.87. The number of hydrogen-bond donors (Lipinski definition) is 0. The molecule has 0 N–H and O–H groups in total. The predicted molar refractivity (Wildman–Crippen MR) is 274 cm³/mol. The van der Waals surface area contributed by atoms with E-state index in [2.05, 4.69) is 203 Å². The lowest BCUT2D eigenvalue weighted by atomic mass is 9.86. The highest BCUT2D eigenvalue weighted by molar-refractivity contribution is 7.00. The Morgan fingerprint density at radius 1 is 0.708 bits per heavy atom. The fourth-order valence-corrected chi connectivity index (χ4v) is 18.9. The van der Waals surface area contributed by atoms with E-state index in [1.54, 1.807) is 6.08 Å². The Bertz CT molecular complexity index is 2160. The van der Waals surface area contributed by atoms with Gasteiger partial charge >= 0.3 is 11.9 Å². The molecule has 8 heteroatoms. The number of cyclic esters (lactones) is 1. The number of carbonyl (C=O) groups excluding carboxylic acids is 2. The summed E-state index contributed by atoms with van der Waals surface area (Å²) in [5.74, 6) is -0.580. The highest BCUT2D eigenvalue weighted by Gasteiger charge is 2.51. The van der Waals surface area contributed by atoms with E-state index in [0.717, 1.165) is 18.4 Å². The first-order valence-corrected chi connectivity index (χ1v) is 27.3. The molecule has 1 aliphatic rings. The Kier molecular flexibility index (Phi) is 18.1. The van der Waals surface area contributed by atoms with Gasteiger partial charge in [0.1, 0.15) is 6.10 Å². The van der Waals surface area contributed by atoms with Crippen LogP contribution in [0.4, 0.5) is 0 Å². The molecule has 6 nitrogen and oxygen atoms in total. The summed E-state index contributed by atoms with van der Waals surface area (Å²) in [6.07, 6.45) is 11.9. The monoisotopic (exact) mass is 911 g/mol. The van der Waals surface area contributed by atoms with E-state index in [-0.39, 0.29) is 21.9 Å². The van der Waals surface area contributed by atoms with E-state index >= 15 is 0 Å². The van der Waals surface area contributed by atoms with Crippen molar-refractivity contribution in [2.24, 2.45) is 17.8 Å². The van der Waals surface area contributed by atoms with Crippen LogP contribution in [0, 0.1) is 17.8 Å². The fraction of sp³-hybridized carbons (Fsp3) is 0.404. The van der Waals surface area contributed by atoms with E-state index in [1.807, 2.05) is 13.0 Å². The Balaban J connectivity index is 1.46. The van der Waals surface area contributed by atoms with Crippen LogP contribution in [-0.4, -0.2) is 54.0 Å². The maximum absolute atomic E-state index is 13.5. The SMILES string of the molecule is C/C=C(\C)C[C@H](C)C[C@H](C)[C@H]1OC(=O)C=C[C@H]1OC(=O)/C=C/C(C)=C/[C@H](CCO[Si](c1ccccc1)(c1ccccc1)C(C)(C)C)CO[Si](c1ccccc1)(c1ccccc1)C(C)(C)C. The Morgan fingerprint density at radius 3 is 1.62 bits per heavy atom. The lowest BCUT2D eigenvalue weighted by Gasteiger charge is -2.44. The molecular formula is C57H74O6Si2. The molecule has 1 aliphatic heterocycles. The van der Waals surface area contributed by atoms with E-state index in [1.165, 1.54) is 38.5 Å². The highest BCUT2D eigenvalue weighted by Crippen LogP contribution is 2.39. The molecule has 1 heterocycles. The molecule has 5 rings (SSSR count). The average Bonchev–Trinajstić information content (AvgIpc) is 3.28. The van der Waals surface area contributed by atoms with Crippen molar-refractivity contribution >= 4 is 49.3 Å². The second kappa shape index (κ2) is 23.0. The Morgan fingerprint density at radius 2 is 1.17 bits per heavy atom. The molecule has 346 valence electrons. The van der Waals surface area contributed by atoms with Crippen molar-refractivity contribution in [1.29, 1.82) is 0 Å². The molecule has 0 spiro atoms. The molecule has 0 amide bonds. The standard InChI is InChI=1S/C57H74O6Si2/c1-12-43(2)39-45(4)40-46(5)55-52(34-36-54(59)63-55)62-53(58)35-33-44(3)41-47(42-61-65(57(9,10)11,50-29-21-15-22-30-50)51-31-23-16-24-32-51)37-38-60-64(56(6,7)8,48-25-17-13-18-26-48)49-27-19-14-20-28-49/h12-36,41,45-47,52,55H,37-40,42H2,1-11H3/b35-33+,43-12+,44-41+/t45-,46-,47-,52+,55+/m0/s1. The van der Waals surface area contributed by atoms with Gasteiger partial charge in [-0.2, -0.15) is 0 Å². The van der Waals surface area contributed by atoms with Gasteiger partial charge in [-0.1, -0.05) is 206 Å². The summed E-state index contributed by atoms with van der Waals surface area (Å²) in [5, 5.41) is 4.56. The third-order valence-corrected chi connectivity index (χ3v) is 22.9. The Labute approximate surface area is 393 Å². The molecule has 0 saturated carbocycles. The number of rotatable bonds is 20. The maximum atomic E-state index is 13.5. The predicted octanol–water partition coefficient (Wildman–Crippen LogP) is 11.1. The van der Waals surface area contributed by atoms with Crippen molar-refractivity contribution in [3.8, 4) is 0 Å². The van der Waals surface area contributed by atoms with Crippen LogP contribution in [0.2, 0.25) is 10.1 Å². The second-order valence-corrected chi connectivity index (χ2v) is 28.7. The summed E-state index contributed by atoms with van der Waals surface area (Å²) in [6.45, 7) is 25.3. The van der Waals surface area contributed by atoms with Crippen molar-refractivity contribution in [1.82, 2.24) is 0 Å². The number of carbonyl (C=O) groups is 2. The van der Waals surface area contributed by atoms with Crippen LogP contribution in [0.5, 0.6) is 0 Å². The number of benzene rings is 4. The van der Waals surface area contributed by atoms with Gasteiger partial charge in [-0.3, -0.25) is 0 Å². The summed E-state index contributed by atoms with van der Waals surface area (Å²) in [6, 6.07) is 43.0. The summed E-state index contributed by atoms with van der Waals surface area (Å²) in [4.78, 5) is 25.9. The van der Waals surface area contributed by atoms with Crippen LogP contribution in [-0.2, 0) is 27.9 Å². The van der Waals surface area contributed by atoms with Crippen molar-refractivity contribution in [3.63, 3.8) is 0 Å². The first kappa shape index (κ1) is 51.1. The molecule has 4 aromatic carbocycles. The topological polar surface area (TPSA) is 71.1 Å². The van der Waals surface area contributed by atoms with Crippen molar-refractivity contribution < 1.29 is 27.9 Å². The summed E-state index contributed by atoms with van der Waals surface area (Å²) >= 11 is 0. The van der Waals surface area contributed by atoms with Gasteiger partial charge in [0.25, 0.3) is 16.6 Å². The summed E-state index contributed by atoms with van der Waals surface area (Å²) < 4.78 is 26.8. The van der Waals surface area contributed by atoms with Crippen LogP contribution < -0.4 is 20.7 Å². The smallest absolute Gasteiger partial charge is 0.331 e. The lowest BCUT2D eigenvalue weighted by Crippen LogP contribution is -2.67. The zero-order chi connectivity index (χ0) is 47.3. The van der Waals surface area contributed by atoms with Crippen LogP contribution in [0.15, 0.2) is 169 Å². The van der Waals surface area contributed by atoms with Gasteiger partial charge in [0.15, 0.2) is 6.10 Å². The third kappa shape index (κ3) is 12.9. The lowest BCUT2D eigenvalue weighted by molar-refractivity contribution is -0.164. The first-order valence-electron chi connectivity index (χ1n) is 23.5. The van der Waals surface area contributed by atoms with Crippen molar-refractivity contribution in [2.75, 3.05) is 13.2 Å². The molecule has 0 aliphatic carbocycles. The summed E-state index contributed by atoms with van der Waals surface area (Å²) in [7, 11) is -5.68. The minimum absolute atomic E-state index is 0.00523. The molecule has 0 fully saturated rings. The second-order valence-electron chi connectivity index (χ2n) is 20.1. The normalized spacial score (nSPS) is 18.0. The fourth-order valence-electron chi connectivity index (χ4n) is 9.72. The van der Waals surface area contributed by atoms with Crippen molar-refractivity contribution in [2.45, 2.75) is 118 Å². The number of esters is 2.